The predicted molar refractivity (Wildman–Crippen MR) is 79.4 cm³/mol. The van der Waals surface area contributed by atoms with Crippen molar-refractivity contribution < 1.29 is 5.11 Å². The molecule has 2 heterocycles. The van der Waals surface area contributed by atoms with E-state index in [1.165, 1.54) is 5.56 Å². The molecule has 1 aromatic carbocycles. The summed E-state index contributed by atoms with van der Waals surface area (Å²) in [5, 5.41) is 10.3. The Bertz CT molecular complexity index is 753. The number of hydrogen-bond donors (Lipinski definition) is 1. The van der Waals surface area contributed by atoms with Crippen LogP contribution in [0.3, 0.4) is 0 Å². The summed E-state index contributed by atoms with van der Waals surface area (Å²) in [7, 11) is 0. The second-order valence-electron chi connectivity index (χ2n) is 5.03. The molecule has 0 bridgehead atoms. The minimum Gasteiger partial charge on any atom is -0.392 e. The third-order valence-corrected chi connectivity index (χ3v) is 3.33. The van der Waals surface area contributed by atoms with Gasteiger partial charge in [0, 0.05) is 29.9 Å². The summed E-state index contributed by atoms with van der Waals surface area (Å²) in [6, 6.07) is 12.2. The van der Waals surface area contributed by atoms with Crippen molar-refractivity contribution in [3.05, 3.63) is 71.2 Å². The van der Waals surface area contributed by atoms with E-state index in [1.54, 1.807) is 6.20 Å². The zero-order chi connectivity index (χ0) is 13.9. The van der Waals surface area contributed by atoms with Crippen molar-refractivity contribution in [2.45, 2.75) is 20.0 Å². The third kappa shape index (κ3) is 2.68. The number of fused-ring (bicyclic) bond motifs is 1. The molecule has 100 valence electrons. The van der Waals surface area contributed by atoms with Crippen LogP contribution >= 0.6 is 0 Å². The second kappa shape index (κ2) is 5.39. The molecule has 0 saturated heterocycles. The number of nitrogens with zero attached hydrogens (tertiary/aromatic N) is 2. The highest BCUT2D eigenvalue weighted by Gasteiger charge is 2.02. The van der Waals surface area contributed by atoms with Crippen molar-refractivity contribution in [2.75, 3.05) is 0 Å². The van der Waals surface area contributed by atoms with Gasteiger partial charge in [0.25, 0.3) is 0 Å². The first-order chi connectivity index (χ1) is 9.74. The van der Waals surface area contributed by atoms with E-state index in [1.807, 2.05) is 31.3 Å². The molecule has 0 saturated carbocycles. The number of aromatic nitrogens is 2. The van der Waals surface area contributed by atoms with Gasteiger partial charge in [-0.05, 0) is 53.9 Å². The molecule has 0 spiro atoms. The number of aliphatic hydroxyl groups excluding tert-OH is 1. The Kier molecular flexibility index (Phi) is 3.44. The summed E-state index contributed by atoms with van der Waals surface area (Å²) in [4.78, 5) is 8.76. The van der Waals surface area contributed by atoms with Crippen molar-refractivity contribution in [1.29, 1.82) is 0 Å². The van der Waals surface area contributed by atoms with Crippen LogP contribution in [0.2, 0.25) is 0 Å². The summed E-state index contributed by atoms with van der Waals surface area (Å²) >= 11 is 0. The van der Waals surface area contributed by atoms with Gasteiger partial charge in [0.15, 0.2) is 0 Å². The lowest BCUT2D eigenvalue weighted by Crippen LogP contribution is -1.95. The van der Waals surface area contributed by atoms with Gasteiger partial charge in [-0.25, -0.2) is 0 Å². The number of hydrogen-bond acceptors (Lipinski definition) is 3. The van der Waals surface area contributed by atoms with Crippen LogP contribution in [0.1, 0.15) is 22.4 Å². The Hall–Kier alpha value is -2.26. The monoisotopic (exact) mass is 264 g/mol. The van der Waals surface area contributed by atoms with Crippen LogP contribution < -0.4 is 0 Å². The van der Waals surface area contributed by atoms with Crippen molar-refractivity contribution in [1.82, 2.24) is 9.97 Å². The molecule has 0 unspecified atom stereocenters. The quantitative estimate of drug-likeness (QED) is 0.791. The molecule has 0 fully saturated rings. The molecule has 0 aliphatic heterocycles. The third-order valence-electron chi connectivity index (χ3n) is 3.33. The smallest absolute Gasteiger partial charge is 0.0702 e. The van der Waals surface area contributed by atoms with Gasteiger partial charge in [-0.2, -0.15) is 0 Å². The van der Waals surface area contributed by atoms with E-state index in [9.17, 15) is 0 Å². The van der Waals surface area contributed by atoms with Crippen molar-refractivity contribution in [3.63, 3.8) is 0 Å². The fraction of sp³-hybridized carbons (Fsp3) is 0.176. The highest BCUT2D eigenvalue weighted by atomic mass is 16.3. The topological polar surface area (TPSA) is 46.0 Å². The predicted octanol–water partition coefficient (Wildman–Crippen LogP) is 3.02. The van der Waals surface area contributed by atoms with E-state index in [-0.39, 0.29) is 6.61 Å². The standard InChI is InChI=1S/C17H16N2O/c1-12-6-15-7-13(2-3-17(15)19-10-12)8-16-9-14(11-20)4-5-18-16/h2-7,9-10,20H,8,11H2,1H3. The van der Waals surface area contributed by atoms with Gasteiger partial charge in [-0.3, -0.25) is 9.97 Å². The van der Waals surface area contributed by atoms with Crippen LogP contribution in [0.25, 0.3) is 10.9 Å². The number of benzene rings is 1. The van der Waals surface area contributed by atoms with Crippen molar-refractivity contribution in [2.24, 2.45) is 0 Å². The molecule has 0 radical (unpaired) electrons. The highest BCUT2D eigenvalue weighted by Crippen LogP contribution is 2.17. The number of aryl methyl sites for hydroxylation is 1. The van der Waals surface area contributed by atoms with E-state index < -0.39 is 0 Å². The molecule has 1 N–H and O–H groups in total. The molecular formula is C17H16N2O. The van der Waals surface area contributed by atoms with Gasteiger partial charge in [0.2, 0.25) is 0 Å². The first kappa shape index (κ1) is 12.8. The largest absolute Gasteiger partial charge is 0.392 e. The molecule has 3 rings (SSSR count). The Morgan fingerprint density at radius 1 is 1.00 bits per heavy atom. The van der Waals surface area contributed by atoms with Gasteiger partial charge in [-0.15, -0.1) is 0 Å². The average Bonchev–Trinajstić information content (AvgIpc) is 2.47. The molecule has 0 atom stereocenters. The molecule has 20 heavy (non-hydrogen) atoms. The molecule has 0 aliphatic carbocycles. The molecule has 0 amide bonds. The Morgan fingerprint density at radius 3 is 2.75 bits per heavy atom. The minimum atomic E-state index is 0.0519. The summed E-state index contributed by atoms with van der Waals surface area (Å²) in [6.07, 6.45) is 4.39. The van der Waals surface area contributed by atoms with Crippen molar-refractivity contribution >= 4 is 10.9 Å². The van der Waals surface area contributed by atoms with E-state index in [2.05, 4.69) is 28.2 Å². The molecule has 3 aromatic rings. The first-order valence-electron chi connectivity index (χ1n) is 6.64. The zero-order valence-corrected chi connectivity index (χ0v) is 11.4. The van der Waals surface area contributed by atoms with E-state index in [0.29, 0.717) is 0 Å². The Morgan fingerprint density at radius 2 is 1.90 bits per heavy atom. The number of pyridine rings is 2. The highest BCUT2D eigenvalue weighted by molar-refractivity contribution is 5.79. The van der Waals surface area contributed by atoms with E-state index in [0.717, 1.165) is 34.1 Å². The average molecular weight is 264 g/mol. The molecule has 0 aliphatic rings. The maximum atomic E-state index is 9.16. The molecule has 3 nitrogen and oxygen atoms in total. The van der Waals surface area contributed by atoms with Gasteiger partial charge >= 0.3 is 0 Å². The zero-order valence-electron chi connectivity index (χ0n) is 11.4. The first-order valence-corrected chi connectivity index (χ1v) is 6.64. The van der Waals surface area contributed by atoms with Crippen LogP contribution in [-0.2, 0) is 13.0 Å². The number of aliphatic hydroxyl groups is 1. The lowest BCUT2D eigenvalue weighted by atomic mass is 10.0. The van der Waals surface area contributed by atoms with Gasteiger partial charge in [-0.1, -0.05) is 6.07 Å². The van der Waals surface area contributed by atoms with Crippen LogP contribution in [0.4, 0.5) is 0 Å². The summed E-state index contributed by atoms with van der Waals surface area (Å²) < 4.78 is 0. The van der Waals surface area contributed by atoms with Gasteiger partial charge in [0.05, 0.1) is 12.1 Å². The normalized spacial score (nSPS) is 10.9. The fourth-order valence-corrected chi connectivity index (χ4v) is 2.33. The SMILES string of the molecule is Cc1cnc2ccc(Cc3cc(CO)ccn3)cc2c1. The van der Waals surface area contributed by atoms with Crippen LogP contribution in [0.5, 0.6) is 0 Å². The van der Waals surface area contributed by atoms with Gasteiger partial charge < -0.3 is 5.11 Å². The summed E-state index contributed by atoms with van der Waals surface area (Å²) in [5.41, 5.74) is 5.24. The van der Waals surface area contributed by atoms with E-state index in [4.69, 9.17) is 5.11 Å². The summed E-state index contributed by atoms with van der Waals surface area (Å²) in [5.74, 6) is 0. The Balaban J connectivity index is 1.93. The Labute approximate surface area is 117 Å². The lowest BCUT2D eigenvalue weighted by Gasteiger charge is -2.05. The lowest BCUT2D eigenvalue weighted by molar-refractivity contribution is 0.281. The number of rotatable bonds is 3. The van der Waals surface area contributed by atoms with E-state index >= 15 is 0 Å². The fourth-order valence-electron chi connectivity index (χ4n) is 2.33. The minimum absolute atomic E-state index is 0.0519. The van der Waals surface area contributed by atoms with Gasteiger partial charge in [0.1, 0.15) is 0 Å². The second-order valence-corrected chi connectivity index (χ2v) is 5.03. The van der Waals surface area contributed by atoms with Crippen LogP contribution in [-0.4, -0.2) is 15.1 Å². The molecular weight excluding hydrogens is 248 g/mol. The molecule has 3 heteroatoms. The maximum absolute atomic E-state index is 9.16. The maximum Gasteiger partial charge on any atom is 0.0702 e. The van der Waals surface area contributed by atoms with Crippen molar-refractivity contribution in [3.8, 4) is 0 Å². The summed E-state index contributed by atoms with van der Waals surface area (Å²) in [6.45, 7) is 2.10. The van der Waals surface area contributed by atoms with Crippen LogP contribution in [0, 0.1) is 6.92 Å². The van der Waals surface area contributed by atoms with Crippen LogP contribution in [0.15, 0.2) is 48.8 Å². The molecule has 2 aromatic heterocycles.